The first-order chi connectivity index (χ1) is 8.42. The van der Waals surface area contributed by atoms with Crippen LogP contribution in [0.4, 0.5) is 0 Å². The van der Waals surface area contributed by atoms with E-state index in [0.29, 0.717) is 17.4 Å². The average Bonchev–Trinajstić information content (AvgIpc) is 2.74. The molecule has 0 aliphatic carbocycles. The average molecular weight is 244 g/mol. The molecule has 1 aromatic rings. The molecule has 0 spiro atoms. The summed E-state index contributed by atoms with van der Waals surface area (Å²) in [6.07, 6.45) is 1.34. The normalized spacial score (nSPS) is 38.4. The topological polar surface area (TPSA) is 16.1 Å². The van der Waals surface area contributed by atoms with Crippen molar-refractivity contribution in [2.45, 2.75) is 53.0 Å². The van der Waals surface area contributed by atoms with Crippen LogP contribution in [0.1, 0.15) is 48.7 Å². The van der Waals surface area contributed by atoms with Gasteiger partial charge in [-0.3, -0.25) is 9.88 Å². The van der Waals surface area contributed by atoms with Gasteiger partial charge in [-0.25, -0.2) is 0 Å². The molecular weight excluding hydrogens is 220 g/mol. The number of hydrogen-bond acceptors (Lipinski definition) is 2. The molecule has 2 heteroatoms. The fourth-order valence-corrected chi connectivity index (χ4v) is 4.51. The number of aryl methyl sites for hydroxylation is 3. The van der Waals surface area contributed by atoms with Crippen molar-refractivity contribution in [2.24, 2.45) is 5.41 Å². The van der Waals surface area contributed by atoms with Crippen LogP contribution in [0, 0.1) is 26.2 Å². The molecule has 4 atom stereocenters. The van der Waals surface area contributed by atoms with Gasteiger partial charge in [-0.05, 0) is 63.3 Å². The summed E-state index contributed by atoms with van der Waals surface area (Å²) in [5.41, 5.74) is 5.82. The van der Waals surface area contributed by atoms with Crippen LogP contribution in [-0.4, -0.2) is 29.0 Å². The Bertz CT molecular complexity index is 471. The van der Waals surface area contributed by atoms with E-state index in [0.717, 1.165) is 5.69 Å². The number of fused-ring (bicyclic) bond motifs is 2. The van der Waals surface area contributed by atoms with E-state index in [1.165, 1.54) is 36.3 Å². The highest BCUT2D eigenvalue weighted by atomic mass is 15.2. The van der Waals surface area contributed by atoms with E-state index in [2.05, 4.69) is 45.6 Å². The zero-order valence-electron chi connectivity index (χ0n) is 12.2. The first-order valence-electron chi connectivity index (χ1n) is 7.11. The van der Waals surface area contributed by atoms with Crippen LogP contribution >= 0.6 is 0 Å². The largest absolute Gasteiger partial charge is 0.299 e. The summed E-state index contributed by atoms with van der Waals surface area (Å²) >= 11 is 0. The highest BCUT2D eigenvalue weighted by molar-refractivity contribution is 5.38. The number of pyridine rings is 1. The predicted molar refractivity (Wildman–Crippen MR) is 74.9 cm³/mol. The second-order valence-corrected chi connectivity index (χ2v) is 6.67. The van der Waals surface area contributed by atoms with E-state index in [-0.39, 0.29) is 0 Å². The molecule has 2 aliphatic heterocycles. The first kappa shape index (κ1) is 12.2. The molecule has 2 fully saturated rings. The van der Waals surface area contributed by atoms with Crippen LogP contribution in [0.3, 0.4) is 0 Å². The summed E-state index contributed by atoms with van der Waals surface area (Å²) in [5.74, 6) is 0.666. The summed E-state index contributed by atoms with van der Waals surface area (Å²) in [7, 11) is 0. The molecular formula is C16H24N2. The smallest absolute Gasteiger partial charge is 0.0414 e. The third-order valence-electron chi connectivity index (χ3n) is 5.24. The van der Waals surface area contributed by atoms with Crippen molar-refractivity contribution in [3.63, 3.8) is 0 Å². The van der Waals surface area contributed by atoms with Crippen molar-refractivity contribution < 1.29 is 0 Å². The Labute approximate surface area is 110 Å². The maximum absolute atomic E-state index is 4.71. The quantitative estimate of drug-likeness (QED) is 0.754. The molecule has 2 nitrogen and oxygen atoms in total. The van der Waals surface area contributed by atoms with Crippen LogP contribution in [0.2, 0.25) is 0 Å². The lowest BCUT2D eigenvalue weighted by molar-refractivity contribution is 0.226. The minimum Gasteiger partial charge on any atom is -0.299 e. The predicted octanol–water partition coefficient (Wildman–Crippen LogP) is 3.20. The Kier molecular flexibility index (Phi) is 2.57. The Morgan fingerprint density at radius 3 is 2.61 bits per heavy atom. The van der Waals surface area contributed by atoms with Gasteiger partial charge in [0.25, 0.3) is 0 Å². The Balaban J connectivity index is 2.11. The Morgan fingerprint density at radius 2 is 2.06 bits per heavy atom. The van der Waals surface area contributed by atoms with Gasteiger partial charge < -0.3 is 0 Å². The second kappa shape index (κ2) is 3.80. The molecule has 0 amide bonds. The number of piperidine rings is 1. The van der Waals surface area contributed by atoms with Gasteiger partial charge in [0.1, 0.15) is 0 Å². The van der Waals surface area contributed by atoms with Crippen LogP contribution in [-0.2, 0) is 0 Å². The van der Waals surface area contributed by atoms with Gasteiger partial charge in [-0.1, -0.05) is 6.92 Å². The second-order valence-electron chi connectivity index (χ2n) is 6.67. The highest BCUT2D eigenvalue weighted by Gasteiger charge is 2.53. The van der Waals surface area contributed by atoms with E-state index in [1.54, 1.807) is 0 Å². The molecule has 3 heterocycles. The zero-order chi connectivity index (χ0) is 13.1. The summed E-state index contributed by atoms with van der Waals surface area (Å²) in [5, 5.41) is 0. The third-order valence-corrected chi connectivity index (χ3v) is 5.24. The lowest BCUT2D eigenvalue weighted by Crippen LogP contribution is -2.35. The van der Waals surface area contributed by atoms with Gasteiger partial charge >= 0.3 is 0 Å². The number of aromatic nitrogens is 1. The van der Waals surface area contributed by atoms with E-state index in [9.17, 15) is 0 Å². The van der Waals surface area contributed by atoms with Crippen molar-refractivity contribution in [3.8, 4) is 0 Å². The molecule has 1 aromatic heterocycles. The van der Waals surface area contributed by atoms with Crippen molar-refractivity contribution in [2.75, 3.05) is 13.1 Å². The van der Waals surface area contributed by atoms with Crippen LogP contribution in [0.25, 0.3) is 0 Å². The van der Waals surface area contributed by atoms with E-state index in [1.807, 2.05) is 0 Å². The minimum atomic E-state index is 0.464. The standard InChI is InChI=1S/C16H24N2/c1-10-8-11(2)17-12(3)14(10)15-13(4)18-7-6-16(15,5)9-18/h8,13,15H,6-7,9H2,1-5H3/t13-,15?,16?/m1/s1. The van der Waals surface area contributed by atoms with E-state index < -0.39 is 0 Å². The van der Waals surface area contributed by atoms with E-state index >= 15 is 0 Å². The lowest BCUT2D eigenvalue weighted by atomic mass is 9.69. The monoisotopic (exact) mass is 244 g/mol. The van der Waals surface area contributed by atoms with Crippen LogP contribution in [0.15, 0.2) is 6.07 Å². The molecule has 0 saturated carbocycles. The first-order valence-corrected chi connectivity index (χ1v) is 7.11. The molecule has 0 radical (unpaired) electrons. The summed E-state index contributed by atoms with van der Waals surface area (Å²) in [4.78, 5) is 7.37. The van der Waals surface area contributed by atoms with Crippen molar-refractivity contribution in [1.29, 1.82) is 0 Å². The molecule has 2 aliphatic rings. The number of hydrogen-bond donors (Lipinski definition) is 0. The van der Waals surface area contributed by atoms with Gasteiger partial charge in [0.05, 0.1) is 0 Å². The molecule has 2 saturated heterocycles. The molecule has 3 unspecified atom stereocenters. The summed E-state index contributed by atoms with van der Waals surface area (Å²) in [6.45, 7) is 14.0. The van der Waals surface area contributed by atoms with Crippen LogP contribution < -0.4 is 0 Å². The molecule has 98 valence electrons. The molecule has 3 rings (SSSR count). The molecule has 2 bridgehead atoms. The fourth-order valence-electron chi connectivity index (χ4n) is 4.51. The van der Waals surface area contributed by atoms with Gasteiger partial charge in [-0.15, -0.1) is 0 Å². The third kappa shape index (κ3) is 1.55. The summed E-state index contributed by atoms with van der Waals surface area (Å²) < 4.78 is 0. The fraction of sp³-hybridized carbons (Fsp3) is 0.688. The molecule has 0 aromatic carbocycles. The Morgan fingerprint density at radius 1 is 1.33 bits per heavy atom. The van der Waals surface area contributed by atoms with Crippen molar-refractivity contribution >= 4 is 0 Å². The van der Waals surface area contributed by atoms with Crippen LogP contribution in [0.5, 0.6) is 0 Å². The van der Waals surface area contributed by atoms with Gasteiger partial charge in [0.2, 0.25) is 0 Å². The molecule has 0 N–H and O–H groups in total. The molecule has 18 heavy (non-hydrogen) atoms. The number of rotatable bonds is 1. The summed E-state index contributed by atoms with van der Waals surface area (Å²) in [6, 6.07) is 2.92. The van der Waals surface area contributed by atoms with E-state index in [4.69, 9.17) is 4.98 Å². The van der Waals surface area contributed by atoms with Crippen molar-refractivity contribution in [3.05, 3.63) is 28.6 Å². The maximum Gasteiger partial charge on any atom is 0.0414 e. The highest BCUT2D eigenvalue weighted by Crippen LogP contribution is 2.54. The van der Waals surface area contributed by atoms with Gasteiger partial charge in [0, 0.05) is 29.9 Å². The Hall–Kier alpha value is -0.890. The minimum absolute atomic E-state index is 0.464. The van der Waals surface area contributed by atoms with Gasteiger partial charge in [0.15, 0.2) is 0 Å². The number of nitrogens with zero attached hydrogens (tertiary/aromatic N) is 2. The van der Waals surface area contributed by atoms with Gasteiger partial charge in [-0.2, -0.15) is 0 Å². The maximum atomic E-state index is 4.71. The zero-order valence-corrected chi connectivity index (χ0v) is 12.2. The van der Waals surface area contributed by atoms with Crippen molar-refractivity contribution in [1.82, 2.24) is 9.88 Å². The lowest BCUT2D eigenvalue weighted by Gasteiger charge is -2.37. The SMILES string of the molecule is Cc1cc(C)c(C2[C@@H](C)N3CCC2(C)C3)c(C)n1.